The number of carbonyl (C=O) groups is 1. The summed E-state index contributed by atoms with van der Waals surface area (Å²) in [5.41, 5.74) is 1.81. The number of aromatic nitrogens is 1. The monoisotopic (exact) mass is 563 g/mol. The van der Waals surface area contributed by atoms with Crippen molar-refractivity contribution in [3.05, 3.63) is 47.0 Å². The highest BCUT2D eigenvalue weighted by molar-refractivity contribution is 7.89. The van der Waals surface area contributed by atoms with Crippen molar-refractivity contribution < 1.29 is 22.7 Å². The molecule has 198 valence electrons. The van der Waals surface area contributed by atoms with E-state index in [4.69, 9.17) is 26.1 Å². The van der Waals surface area contributed by atoms with E-state index in [9.17, 15) is 13.2 Å². The smallest absolute Gasteiger partial charge is 0.243 e. The average Bonchev–Trinajstić information content (AvgIpc) is 3.60. The van der Waals surface area contributed by atoms with Crippen LogP contribution in [0.25, 0.3) is 10.2 Å². The number of benzene rings is 2. The van der Waals surface area contributed by atoms with Gasteiger partial charge in [0.1, 0.15) is 5.75 Å². The number of aryl methyl sites for hydroxylation is 1. The maximum Gasteiger partial charge on any atom is 0.243 e. The van der Waals surface area contributed by atoms with E-state index in [1.54, 1.807) is 29.2 Å². The lowest BCUT2D eigenvalue weighted by molar-refractivity contribution is -0.123. The minimum absolute atomic E-state index is 0.0372. The zero-order chi connectivity index (χ0) is 26.2. The minimum atomic E-state index is -3.65. The second-order valence-electron chi connectivity index (χ2n) is 9.48. The van der Waals surface area contributed by atoms with Crippen LogP contribution in [0.3, 0.4) is 0 Å². The Kier molecular flexibility index (Phi) is 7.74. The summed E-state index contributed by atoms with van der Waals surface area (Å²) in [4.78, 5) is 20.6. The van der Waals surface area contributed by atoms with Gasteiger partial charge in [-0.3, -0.25) is 9.69 Å². The SMILES string of the molecule is COc1ccc(S(=O)(=O)N2CCC(C(=O)N(CC3CCCO3)c3nc4c(C)ccc(Cl)c4s3)CC2)cc1. The highest BCUT2D eigenvalue weighted by atomic mass is 35.5. The Morgan fingerprint density at radius 1 is 1.19 bits per heavy atom. The highest BCUT2D eigenvalue weighted by Crippen LogP contribution is 2.37. The second kappa shape index (κ2) is 10.9. The number of ether oxygens (including phenoxy) is 2. The summed E-state index contributed by atoms with van der Waals surface area (Å²) in [5, 5.41) is 1.23. The van der Waals surface area contributed by atoms with Crippen LogP contribution >= 0.6 is 22.9 Å². The predicted octanol–water partition coefficient (Wildman–Crippen LogP) is 4.88. The van der Waals surface area contributed by atoms with Crippen LogP contribution < -0.4 is 9.64 Å². The van der Waals surface area contributed by atoms with E-state index in [2.05, 4.69) is 0 Å². The Balaban J connectivity index is 1.34. The number of nitrogens with zero attached hydrogens (tertiary/aromatic N) is 3. The van der Waals surface area contributed by atoms with E-state index in [-0.39, 0.29) is 35.9 Å². The Hall–Kier alpha value is -2.24. The van der Waals surface area contributed by atoms with Gasteiger partial charge in [0.25, 0.3) is 0 Å². The zero-order valence-electron chi connectivity index (χ0n) is 20.9. The first-order chi connectivity index (χ1) is 17.8. The number of hydrogen-bond acceptors (Lipinski definition) is 7. The number of thiazole rings is 1. The molecule has 2 fully saturated rings. The van der Waals surface area contributed by atoms with Gasteiger partial charge in [0, 0.05) is 25.6 Å². The number of hydrogen-bond donors (Lipinski definition) is 0. The largest absolute Gasteiger partial charge is 0.497 e. The third-order valence-corrected chi connectivity index (χ3v) is 10.5. The number of methoxy groups -OCH3 is 1. The van der Waals surface area contributed by atoms with Gasteiger partial charge in [0.05, 0.1) is 39.9 Å². The van der Waals surface area contributed by atoms with Crippen LogP contribution in [-0.2, 0) is 19.6 Å². The van der Waals surface area contributed by atoms with E-state index in [0.717, 1.165) is 28.6 Å². The lowest BCUT2D eigenvalue weighted by Gasteiger charge is -2.33. The fraction of sp³-hybridized carbons (Fsp3) is 0.462. The summed E-state index contributed by atoms with van der Waals surface area (Å²) < 4.78 is 39.6. The van der Waals surface area contributed by atoms with Gasteiger partial charge < -0.3 is 9.47 Å². The molecule has 3 aromatic rings. The topological polar surface area (TPSA) is 89.0 Å². The molecule has 0 N–H and O–H groups in total. The molecule has 3 heterocycles. The predicted molar refractivity (Wildman–Crippen MR) is 145 cm³/mol. The molecule has 1 amide bonds. The molecule has 0 aliphatic carbocycles. The number of carbonyl (C=O) groups excluding carboxylic acids is 1. The van der Waals surface area contributed by atoms with Crippen LogP contribution in [0.1, 0.15) is 31.2 Å². The molecule has 0 radical (unpaired) electrons. The van der Waals surface area contributed by atoms with E-state index in [0.29, 0.717) is 41.9 Å². The Bertz CT molecular complexity index is 1340. The Labute approximate surface area is 226 Å². The number of anilines is 1. The summed E-state index contributed by atoms with van der Waals surface area (Å²) >= 11 is 7.86. The van der Waals surface area contributed by atoms with Crippen LogP contribution in [0.5, 0.6) is 5.75 Å². The maximum absolute atomic E-state index is 13.9. The third kappa shape index (κ3) is 5.35. The van der Waals surface area contributed by atoms with Gasteiger partial charge in [0.2, 0.25) is 15.9 Å². The first kappa shape index (κ1) is 26.4. The average molecular weight is 564 g/mol. The van der Waals surface area contributed by atoms with E-state index in [1.807, 2.05) is 19.1 Å². The van der Waals surface area contributed by atoms with Gasteiger partial charge in [-0.15, -0.1) is 0 Å². The summed E-state index contributed by atoms with van der Waals surface area (Å²) in [5.74, 6) is 0.262. The summed E-state index contributed by atoms with van der Waals surface area (Å²) in [6, 6.07) is 10.2. The van der Waals surface area contributed by atoms with Crippen molar-refractivity contribution in [3.63, 3.8) is 0 Å². The van der Waals surface area contributed by atoms with Crippen molar-refractivity contribution in [2.24, 2.45) is 5.92 Å². The molecule has 11 heteroatoms. The molecule has 0 saturated carbocycles. The molecular formula is C26H30ClN3O5S2. The van der Waals surface area contributed by atoms with Gasteiger partial charge in [-0.1, -0.05) is 29.0 Å². The first-order valence-electron chi connectivity index (χ1n) is 12.4. The molecule has 2 aliphatic rings. The quantitative estimate of drug-likeness (QED) is 0.407. The summed E-state index contributed by atoms with van der Waals surface area (Å²) in [7, 11) is -2.11. The van der Waals surface area contributed by atoms with Crippen molar-refractivity contribution in [3.8, 4) is 5.75 Å². The van der Waals surface area contributed by atoms with Crippen LogP contribution in [-0.4, -0.2) is 63.1 Å². The third-order valence-electron chi connectivity index (χ3n) is 7.09. The fourth-order valence-corrected chi connectivity index (χ4v) is 7.72. The molecule has 1 aromatic heterocycles. The lowest BCUT2D eigenvalue weighted by Crippen LogP contribution is -2.46. The number of sulfonamides is 1. The summed E-state index contributed by atoms with van der Waals surface area (Å²) in [6.07, 6.45) is 2.72. The van der Waals surface area contributed by atoms with Gasteiger partial charge in [0.15, 0.2) is 5.13 Å². The van der Waals surface area contributed by atoms with Crippen molar-refractivity contribution in [2.75, 3.05) is 38.3 Å². The molecule has 1 unspecified atom stereocenters. The number of amides is 1. The first-order valence-corrected chi connectivity index (χ1v) is 15.0. The molecule has 2 aliphatic heterocycles. The Morgan fingerprint density at radius 3 is 2.54 bits per heavy atom. The molecule has 0 bridgehead atoms. The van der Waals surface area contributed by atoms with Gasteiger partial charge in [-0.25, -0.2) is 13.4 Å². The molecule has 0 spiro atoms. The van der Waals surface area contributed by atoms with Crippen LogP contribution in [0.15, 0.2) is 41.3 Å². The van der Waals surface area contributed by atoms with Crippen LogP contribution in [0, 0.1) is 12.8 Å². The molecule has 1 atom stereocenters. The highest BCUT2D eigenvalue weighted by Gasteiger charge is 2.36. The maximum atomic E-state index is 13.9. The normalized spacial score (nSPS) is 19.4. The van der Waals surface area contributed by atoms with Crippen LogP contribution in [0.2, 0.25) is 5.02 Å². The Morgan fingerprint density at radius 2 is 1.92 bits per heavy atom. The molecule has 37 heavy (non-hydrogen) atoms. The number of halogens is 1. The van der Waals surface area contributed by atoms with E-state index >= 15 is 0 Å². The second-order valence-corrected chi connectivity index (χ2v) is 12.8. The molecule has 8 nitrogen and oxygen atoms in total. The lowest BCUT2D eigenvalue weighted by atomic mass is 9.96. The standard InChI is InChI=1S/C26H30ClN3O5S2/c1-17-5-10-22(27)24-23(17)28-26(36-24)30(16-20-4-3-15-35-20)25(31)18-11-13-29(14-12-18)37(32,33)21-8-6-19(34-2)7-9-21/h5-10,18,20H,3-4,11-16H2,1-2H3. The van der Waals surface area contributed by atoms with Crippen molar-refractivity contribution >= 4 is 54.2 Å². The zero-order valence-corrected chi connectivity index (χ0v) is 23.2. The molecular weight excluding hydrogens is 534 g/mol. The van der Waals surface area contributed by atoms with Gasteiger partial charge >= 0.3 is 0 Å². The number of fused-ring (bicyclic) bond motifs is 1. The van der Waals surface area contributed by atoms with E-state index in [1.165, 1.54) is 22.8 Å². The minimum Gasteiger partial charge on any atom is -0.497 e. The van der Waals surface area contributed by atoms with Crippen molar-refractivity contribution in [1.82, 2.24) is 9.29 Å². The fourth-order valence-electron chi connectivity index (χ4n) is 4.92. The summed E-state index contributed by atoms with van der Waals surface area (Å²) in [6.45, 7) is 3.67. The van der Waals surface area contributed by atoms with Gasteiger partial charge in [-0.05, 0) is 68.5 Å². The molecule has 2 saturated heterocycles. The molecule has 5 rings (SSSR count). The van der Waals surface area contributed by atoms with E-state index < -0.39 is 10.0 Å². The number of rotatable bonds is 7. The molecule has 2 aromatic carbocycles. The van der Waals surface area contributed by atoms with Gasteiger partial charge in [-0.2, -0.15) is 4.31 Å². The number of piperidine rings is 1. The van der Waals surface area contributed by atoms with Crippen molar-refractivity contribution in [1.29, 1.82) is 0 Å². The van der Waals surface area contributed by atoms with Crippen LogP contribution in [0.4, 0.5) is 5.13 Å². The van der Waals surface area contributed by atoms with Crippen molar-refractivity contribution in [2.45, 2.75) is 43.6 Å².